The number of likely N-dealkylation sites (tertiary alicyclic amines) is 1. The number of amides is 2. The van der Waals surface area contributed by atoms with Gasteiger partial charge in [0.2, 0.25) is 5.91 Å². The van der Waals surface area contributed by atoms with Gasteiger partial charge in [0.15, 0.2) is 0 Å². The highest BCUT2D eigenvalue weighted by molar-refractivity contribution is 5.86. The molecule has 2 amide bonds. The van der Waals surface area contributed by atoms with Crippen LogP contribution in [0.2, 0.25) is 0 Å². The second-order valence-corrected chi connectivity index (χ2v) is 11.4. The maximum absolute atomic E-state index is 13.4. The summed E-state index contributed by atoms with van der Waals surface area (Å²) in [5.41, 5.74) is 0.397. The van der Waals surface area contributed by atoms with Gasteiger partial charge >= 0.3 is 12.1 Å². The van der Waals surface area contributed by atoms with Crippen LogP contribution in [0, 0.1) is 5.92 Å². The van der Waals surface area contributed by atoms with Gasteiger partial charge in [-0.15, -0.1) is 0 Å². The van der Waals surface area contributed by atoms with Crippen molar-refractivity contribution in [2.45, 2.75) is 90.7 Å². The Morgan fingerprint density at radius 3 is 2.17 bits per heavy atom. The number of nitrogens with one attached hydrogen (secondary N) is 1. The molecule has 2 unspecified atom stereocenters. The number of carbonyl (C=O) groups is 3. The average molecular weight is 503 g/mol. The first-order valence-corrected chi connectivity index (χ1v) is 12.4. The Morgan fingerprint density at radius 2 is 1.64 bits per heavy atom. The average Bonchev–Trinajstić information content (AvgIpc) is 3.13. The monoisotopic (exact) mass is 502 g/mol. The number of nitrogens with zero attached hydrogens (tertiary/aromatic N) is 1. The van der Waals surface area contributed by atoms with Gasteiger partial charge in [0.1, 0.15) is 17.2 Å². The van der Waals surface area contributed by atoms with E-state index in [0.29, 0.717) is 13.0 Å². The quantitative estimate of drug-likeness (QED) is 0.421. The van der Waals surface area contributed by atoms with E-state index in [4.69, 9.17) is 14.2 Å². The molecule has 0 spiro atoms. The summed E-state index contributed by atoms with van der Waals surface area (Å²) in [6, 6.07) is 8.14. The third-order valence-electron chi connectivity index (χ3n) is 5.77. The summed E-state index contributed by atoms with van der Waals surface area (Å²) >= 11 is 0. The molecule has 1 heterocycles. The molecule has 1 aromatic rings. The number of hydrogen-bond donors (Lipinski definition) is 1. The molecular weight excluding hydrogens is 460 g/mol. The first kappa shape index (κ1) is 29.4. The minimum atomic E-state index is -0.875. The van der Waals surface area contributed by atoms with Crippen molar-refractivity contribution in [3.63, 3.8) is 0 Å². The molecule has 0 aromatic heterocycles. The fraction of sp³-hybridized carbons (Fsp3) is 0.607. The van der Waals surface area contributed by atoms with Crippen LogP contribution >= 0.6 is 0 Å². The molecular formula is C28H42N2O6. The van der Waals surface area contributed by atoms with E-state index in [1.165, 1.54) is 7.11 Å². The van der Waals surface area contributed by atoms with Crippen molar-refractivity contribution in [3.05, 3.63) is 48.0 Å². The summed E-state index contributed by atoms with van der Waals surface area (Å²) in [6.45, 7) is 16.9. The number of esters is 1. The maximum atomic E-state index is 13.4. The Hall–Kier alpha value is -2.87. The zero-order valence-corrected chi connectivity index (χ0v) is 22.9. The van der Waals surface area contributed by atoms with Gasteiger partial charge in [0, 0.05) is 20.1 Å². The van der Waals surface area contributed by atoms with Crippen LogP contribution in [0.4, 0.5) is 4.79 Å². The Labute approximate surface area is 215 Å². The van der Waals surface area contributed by atoms with Crippen molar-refractivity contribution in [2.75, 3.05) is 13.7 Å². The van der Waals surface area contributed by atoms with Crippen LogP contribution in [0.3, 0.4) is 0 Å². The number of methoxy groups -OCH3 is 1. The number of hydrogen-bond acceptors (Lipinski definition) is 6. The standard InChI is InChI=1S/C28H42N2O6/c1-18-15-22(30(17-18)26(33)36-28(6,7)8)23(34-9)19(2)24(31)29-21(25(32)35-27(3,4)5)16-20-13-11-10-12-14-20/h10-14,19,21-23H,1,15-17H2,2-9H3,(H,29,31)/t19?,21-,22-,23?/m0/s1. The lowest BCUT2D eigenvalue weighted by molar-refractivity contribution is -0.159. The van der Waals surface area contributed by atoms with E-state index in [1.807, 2.05) is 30.3 Å². The van der Waals surface area contributed by atoms with Crippen LogP contribution in [-0.2, 0) is 30.2 Å². The highest BCUT2D eigenvalue weighted by atomic mass is 16.6. The first-order chi connectivity index (χ1) is 16.6. The van der Waals surface area contributed by atoms with Crippen LogP contribution in [0.25, 0.3) is 0 Å². The van der Waals surface area contributed by atoms with Crippen LogP contribution in [-0.4, -0.2) is 65.9 Å². The summed E-state index contributed by atoms with van der Waals surface area (Å²) < 4.78 is 16.9. The fourth-order valence-electron chi connectivity index (χ4n) is 4.21. The predicted molar refractivity (Wildman–Crippen MR) is 138 cm³/mol. The first-order valence-electron chi connectivity index (χ1n) is 12.4. The molecule has 2 rings (SSSR count). The summed E-state index contributed by atoms with van der Waals surface area (Å²) in [6.07, 6.45) is -0.324. The van der Waals surface area contributed by atoms with Gasteiger partial charge in [-0.2, -0.15) is 0 Å². The zero-order chi connectivity index (χ0) is 27.3. The molecule has 1 fully saturated rings. The topological polar surface area (TPSA) is 94.2 Å². The van der Waals surface area contributed by atoms with Crippen LogP contribution in [0.15, 0.2) is 42.5 Å². The lowest BCUT2D eigenvalue weighted by Crippen LogP contribution is -2.53. The number of carbonyl (C=O) groups excluding carboxylic acids is 3. The lowest BCUT2D eigenvalue weighted by atomic mass is 9.93. The van der Waals surface area contributed by atoms with Crippen molar-refractivity contribution in [2.24, 2.45) is 5.92 Å². The molecule has 1 aliphatic rings. The van der Waals surface area contributed by atoms with Crippen molar-refractivity contribution >= 4 is 18.0 Å². The van der Waals surface area contributed by atoms with Crippen molar-refractivity contribution in [1.29, 1.82) is 0 Å². The summed E-state index contributed by atoms with van der Waals surface area (Å²) in [4.78, 5) is 40.8. The van der Waals surface area contributed by atoms with Gasteiger partial charge in [-0.25, -0.2) is 9.59 Å². The molecule has 1 N–H and O–H groups in total. The predicted octanol–water partition coefficient (Wildman–Crippen LogP) is 4.27. The minimum Gasteiger partial charge on any atom is -0.458 e. The molecule has 8 nitrogen and oxygen atoms in total. The molecule has 0 bridgehead atoms. The van der Waals surface area contributed by atoms with Gasteiger partial charge in [-0.3, -0.25) is 9.69 Å². The van der Waals surface area contributed by atoms with Crippen molar-refractivity contribution in [3.8, 4) is 0 Å². The van der Waals surface area contributed by atoms with Crippen LogP contribution in [0.5, 0.6) is 0 Å². The Bertz CT molecular complexity index is 932. The van der Waals surface area contributed by atoms with E-state index in [2.05, 4.69) is 11.9 Å². The Balaban J connectivity index is 2.22. The van der Waals surface area contributed by atoms with E-state index in [1.54, 1.807) is 53.4 Å². The number of rotatable bonds is 8. The van der Waals surface area contributed by atoms with Gasteiger partial charge in [-0.05, 0) is 53.5 Å². The van der Waals surface area contributed by atoms with Gasteiger partial charge in [0.25, 0.3) is 0 Å². The molecule has 36 heavy (non-hydrogen) atoms. The normalized spacial score (nSPS) is 18.8. The summed E-state index contributed by atoms with van der Waals surface area (Å²) in [5.74, 6) is -1.54. The third kappa shape index (κ3) is 8.66. The molecule has 1 aromatic carbocycles. The molecule has 0 saturated carbocycles. The van der Waals surface area contributed by atoms with Crippen LogP contribution < -0.4 is 5.32 Å². The third-order valence-corrected chi connectivity index (χ3v) is 5.77. The van der Waals surface area contributed by atoms with E-state index < -0.39 is 47.4 Å². The molecule has 200 valence electrons. The Kier molecular flexibility index (Phi) is 9.71. The molecule has 0 radical (unpaired) electrons. The van der Waals surface area contributed by atoms with E-state index in [0.717, 1.165) is 11.1 Å². The minimum absolute atomic E-state index is 0.288. The largest absolute Gasteiger partial charge is 0.458 e. The van der Waals surface area contributed by atoms with E-state index >= 15 is 0 Å². The van der Waals surface area contributed by atoms with Crippen molar-refractivity contribution in [1.82, 2.24) is 10.2 Å². The Morgan fingerprint density at radius 1 is 1.06 bits per heavy atom. The second-order valence-electron chi connectivity index (χ2n) is 11.4. The SMILES string of the molecule is C=C1C[C@@H](C(OC)C(C)C(=O)N[C@@H](Cc2ccccc2)C(=O)OC(C)(C)C)N(C(=O)OC(C)(C)C)C1. The fourth-order valence-corrected chi connectivity index (χ4v) is 4.21. The van der Waals surface area contributed by atoms with Gasteiger partial charge in [-0.1, -0.05) is 49.4 Å². The zero-order valence-electron chi connectivity index (χ0n) is 22.9. The maximum Gasteiger partial charge on any atom is 0.410 e. The van der Waals surface area contributed by atoms with Gasteiger partial charge < -0.3 is 19.5 Å². The highest BCUT2D eigenvalue weighted by Crippen LogP contribution is 2.30. The van der Waals surface area contributed by atoms with E-state index in [9.17, 15) is 14.4 Å². The number of ether oxygens (including phenoxy) is 3. The molecule has 8 heteroatoms. The smallest absolute Gasteiger partial charge is 0.410 e. The van der Waals surface area contributed by atoms with Crippen LogP contribution in [0.1, 0.15) is 60.5 Å². The van der Waals surface area contributed by atoms with E-state index in [-0.39, 0.29) is 12.3 Å². The summed E-state index contributed by atoms with van der Waals surface area (Å²) in [7, 11) is 1.51. The highest BCUT2D eigenvalue weighted by Gasteiger charge is 2.43. The van der Waals surface area contributed by atoms with Crippen molar-refractivity contribution < 1.29 is 28.6 Å². The summed E-state index contributed by atoms with van der Waals surface area (Å²) in [5, 5.41) is 2.87. The molecule has 0 aliphatic carbocycles. The van der Waals surface area contributed by atoms with Gasteiger partial charge in [0.05, 0.1) is 18.1 Å². The second kappa shape index (κ2) is 11.9. The molecule has 4 atom stereocenters. The molecule has 1 saturated heterocycles. The number of benzene rings is 1. The molecule has 1 aliphatic heterocycles. The lowest BCUT2D eigenvalue weighted by Gasteiger charge is -2.35.